The van der Waals surface area contributed by atoms with Gasteiger partial charge in [-0.15, -0.1) is 0 Å². The van der Waals surface area contributed by atoms with Crippen molar-refractivity contribution in [1.29, 1.82) is 0 Å². The van der Waals surface area contributed by atoms with E-state index in [2.05, 4.69) is 10.2 Å². The maximum absolute atomic E-state index is 12.9. The molecule has 0 aromatic heterocycles. The summed E-state index contributed by atoms with van der Waals surface area (Å²) in [5.41, 5.74) is 3.40. The summed E-state index contributed by atoms with van der Waals surface area (Å²) in [4.78, 5) is 18.4. The van der Waals surface area contributed by atoms with Gasteiger partial charge in [0.2, 0.25) is 0 Å². The van der Waals surface area contributed by atoms with Crippen molar-refractivity contribution in [3.05, 3.63) is 101 Å². The Hall–Kier alpha value is -3.62. The molecule has 3 rings (SSSR count). The lowest BCUT2D eigenvalue weighted by Crippen LogP contribution is -2.49. The third-order valence-electron chi connectivity index (χ3n) is 5.18. The van der Waals surface area contributed by atoms with Gasteiger partial charge in [0.25, 0.3) is 5.91 Å². The van der Waals surface area contributed by atoms with Crippen molar-refractivity contribution >= 4 is 23.0 Å². The molecule has 0 spiro atoms. The van der Waals surface area contributed by atoms with Crippen LogP contribution < -0.4 is 10.2 Å². The summed E-state index contributed by atoms with van der Waals surface area (Å²) < 4.78 is 0. The molecule has 3 aromatic rings. The minimum atomic E-state index is -1.63. The molecule has 0 aliphatic heterocycles. The lowest BCUT2D eigenvalue weighted by atomic mass is 10.0. The average Bonchev–Trinajstić information content (AvgIpc) is 2.74. The second-order valence-corrected chi connectivity index (χ2v) is 8.02. The number of amides is 1. The summed E-state index contributed by atoms with van der Waals surface area (Å²) in [6.07, 6.45) is 0. The first-order valence-corrected chi connectivity index (χ1v) is 10.2. The first-order valence-electron chi connectivity index (χ1n) is 10.2. The van der Waals surface area contributed by atoms with Crippen molar-refractivity contribution < 1.29 is 9.90 Å². The summed E-state index contributed by atoms with van der Waals surface area (Å²) >= 11 is 0. The topological polar surface area (TPSA) is 56.9 Å². The van der Waals surface area contributed by atoms with Crippen molar-refractivity contribution in [3.63, 3.8) is 0 Å². The zero-order valence-electron chi connectivity index (χ0n) is 18.1. The first-order chi connectivity index (χ1) is 14.8. The highest BCUT2D eigenvalue weighted by Crippen LogP contribution is 2.25. The Morgan fingerprint density at radius 3 is 2.35 bits per heavy atom. The SMILES string of the molecule is [C-]#[N+]c1ccc(NC(=O)[C@@](C)(O)CN(Cc2ccccc2)c2ccc(C)cc2)cc1C. The summed E-state index contributed by atoms with van der Waals surface area (Å²) in [5, 5.41) is 13.9. The highest BCUT2D eigenvalue weighted by atomic mass is 16.3. The van der Waals surface area contributed by atoms with Gasteiger partial charge in [-0.3, -0.25) is 4.79 Å². The van der Waals surface area contributed by atoms with E-state index in [0.717, 1.165) is 22.4 Å². The number of hydrogen-bond donors (Lipinski definition) is 2. The Kier molecular flexibility index (Phi) is 6.74. The molecule has 3 aromatic carbocycles. The number of aryl methyl sites for hydroxylation is 2. The number of hydrogen-bond acceptors (Lipinski definition) is 3. The van der Waals surface area contributed by atoms with Gasteiger partial charge < -0.3 is 15.3 Å². The van der Waals surface area contributed by atoms with E-state index in [4.69, 9.17) is 6.57 Å². The molecule has 0 unspecified atom stereocenters. The van der Waals surface area contributed by atoms with Gasteiger partial charge in [0.15, 0.2) is 11.3 Å². The molecule has 0 radical (unpaired) electrons. The normalized spacial score (nSPS) is 12.5. The van der Waals surface area contributed by atoms with E-state index >= 15 is 0 Å². The molecule has 0 heterocycles. The van der Waals surface area contributed by atoms with E-state index in [1.165, 1.54) is 6.92 Å². The number of nitrogens with zero attached hydrogens (tertiary/aromatic N) is 2. The van der Waals surface area contributed by atoms with E-state index in [-0.39, 0.29) is 6.54 Å². The summed E-state index contributed by atoms with van der Waals surface area (Å²) in [6, 6.07) is 23.1. The molecule has 2 N–H and O–H groups in total. The molecule has 158 valence electrons. The van der Waals surface area contributed by atoms with Crippen molar-refractivity contribution in [1.82, 2.24) is 0 Å². The highest BCUT2D eigenvalue weighted by molar-refractivity contribution is 5.97. The molecular weight excluding hydrogens is 386 g/mol. The molecule has 5 heteroatoms. The quantitative estimate of drug-likeness (QED) is 0.520. The van der Waals surface area contributed by atoms with Crippen LogP contribution >= 0.6 is 0 Å². The lowest BCUT2D eigenvalue weighted by Gasteiger charge is -2.32. The largest absolute Gasteiger partial charge is 0.378 e. The maximum atomic E-state index is 12.9. The molecule has 0 fully saturated rings. The van der Waals surface area contributed by atoms with Gasteiger partial charge in [0.05, 0.1) is 13.1 Å². The van der Waals surface area contributed by atoms with Gasteiger partial charge >= 0.3 is 0 Å². The molecule has 0 bridgehead atoms. The van der Waals surface area contributed by atoms with Crippen LogP contribution in [0.15, 0.2) is 72.8 Å². The lowest BCUT2D eigenvalue weighted by molar-refractivity contribution is -0.131. The van der Waals surface area contributed by atoms with E-state index in [1.54, 1.807) is 18.2 Å². The van der Waals surface area contributed by atoms with Crippen LogP contribution in [0.3, 0.4) is 0 Å². The van der Waals surface area contributed by atoms with Gasteiger partial charge in [-0.05, 0) is 56.2 Å². The molecule has 0 aliphatic rings. The van der Waals surface area contributed by atoms with E-state index in [9.17, 15) is 9.90 Å². The second-order valence-electron chi connectivity index (χ2n) is 8.02. The number of nitrogens with one attached hydrogen (secondary N) is 1. The maximum Gasteiger partial charge on any atom is 0.257 e. The van der Waals surface area contributed by atoms with E-state index < -0.39 is 11.5 Å². The fourth-order valence-electron chi connectivity index (χ4n) is 3.37. The van der Waals surface area contributed by atoms with Gasteiger partial charge in [-0.2, -0.15) is 0 Å². The Morgan fingerprint density at radius 1 is 1.06 bits per heavy atom. The number of anilines is 2. The van der Waals surface area contributed by atoms with Crippen LogP contribution in [0.4, 0.5) is 17.1 Å². The average molecular weight is 414 g/mol. The predicted octanol–water partition coefficient (Wildman–Crippen LogP) is 5.25. The van der Waals surface area contributed by atoms with E-state index in [0.29, 0.717) is 17.9 Å². The number of rotatable bonds is 7. The number of aliphatic hydroxyl groups is 1. The zero-order valence-corrected chi connectivity index (χ0v) is 18.1. The fourth-order valence-corrected chi connectivity index (χ4v) is 3.37. The predicted molar refractivity (Wildman–Crippen MR) is 125 cm³/mol. The highest BCUT2D eigenvalue weighted by Gasteiger charge is 2.33. The van der Waals surface area contributed by atoms with Crippen LogP contribution in [-0.4, -0.2) is 23.2 Å². The zero-order chi connectivity index (χ0) is 22.4. The van der Waals surface area contributed by atoms with Crippen molar-refractivity contribution in [2.45, 2.75) is 32.9 Å². The number of carbonyl (C=O) groups excluding carboxylic acids is 1. The Bertz CT molecular complexity index is 1080. The van der Waals surface area contributed by atoms with Crippen molar-refractivity contribution in [2.24, 2.45) is 0 Å². The fraction of sp³-hybridized carbons (Fsp3) is 0.231. The molecule has 1 amide bonds. The number of benzene rings is 3. The van der Waals surface area contributed by atoms with Gasteiger partial charge in [0.1, 0.15) is 0 Å². The Balaban J connectivity index is 1.80. The summed E-state index contributed by atoms with van der Waals surface area (Å²) in [6.45, 7) is 13.2. The second kappa shape index (κ2) is 9.46. The van der Waals surface area contributed by atoms with Crippen LogP contribution in [0.2, 0.25) is 0 Å². The monoisotopic (exact) mass is 413 g/mol. The van der Waals surface area contributed by atoms with Gasteiger partial charge in [-0.25, -0.2) is 4.85 Å². The summed E-state index contributed by atoms with van der Waals surface area (Å²) in [7, 11) is 0. The van der Waals surface area contributed by atoms with E-state index in [1.807, 2.05) is 73.3 Å². The van der Waals surface area contributed by atoms with Crippen LogP contribution in [0.1, 0.15) is 23.6 Å². The van der Waals surface area contributed by atoms with Gasteiger partial charge in [-0.1, -0.05) is 54.1 Å². The smallest absolute Gasteiger partial charge is 0.257 e. The number of carbonyl (C=O) groups is 1. The standard InChI is InChI=1S/C26H27N3O2/c1-19-10-13-23(14-11-19)29(17-21-8-6-5-7-9-21)18-26(3,31)25(30)28-22-12-15-24(27-4)20(2)16-22/h5-16,31H,17-18H2,1-3H3,(H,28,30)/t26-/m0/s1. The summed E-state index contributed by atoms with van der Waals surface area (Å²) in [5.74, 6) is -0.493. The third-order valence-corrected chi connectivity index (χ3v) is 5.18. The molecule has 5 nitrogen and oxygen atoms in total. The first kappa shape index (κ1) is 22.1. The van der Waals surface area contributed by atoms with Crippen LogP contribution in [-0.2, 0) is 11.3 Å². The molecule has 31 heavy (non-hydrogen) atoms. The van der Waals surface area contributed by atoms with Crippen LogP contribution in [0.25, 0.3) is 4.85 Å². The van der Waals surface area contributed by atoms with Crippen molar-refractivity contribution in [2.75, 3.05) is 16.8 Å². The van der Waals surface area contributed by atoms with Crippen LogP contribution in [0, 0.1) is 20.4 Å². The van der Waals surface area contributed by atoms with Crippen LogP contribution in [0.5, 0.6) is 0 Å². The van der Waals surface area contributed by atoms with Gasteiger partial charge in [0, 0.05) is 17.9 Å². The minimum Gasteiger partial charge on any atom is -0.378 e. The third kappa shape index (κ3) is 5.71. The molecule has 0 aliphatic carbocycles. The Morgan fingerprint density at radius 2 is 1.74 bits per heavy atom. The Labute approximate surface area is 183 Å². The minimum absolute atomic E-state index is 0.121. The molecule has 1 atom stereocenters. The molecule has 0 saturated carbocycles. The molecule has 0 saturated heterocycles. The molecular formula is C26H27N3O2. The van der Waals surface area contributed by atoms with Crippen molar-refractivity contribution in [3.8, 4) is 0 Å².